The first-order valence-corrected chi connectivity index (χ1v) is 10.8. The van der Waals surface area contributed by atoms with Gasteiger partial charge < -0.3 is 10.1 Å². The van der Waals surface area contributed by atoms with Crippen molar-refractivity contribution in [2.75, 3.05) is 25.5 Å². The third-order valence-corrected chi connectivity index (χ3v) is 6.60. The number of nitrogens with one attached hydrogen (secondary N) is 1. The topological polar surface area (TPSA) is 75.7 Å². The van der Waals surface area contributed by atoms with Crippen molar-refractivity contribution in [2.24, 2.45) is 0 Å². The Hall–Kier alpha value is -2.38. The van der Waals surface area contributed by atoms with Crippen LogP contribution in [0.3, 0.4) is 0 Å². The van der Waals surface area contributed by atoms with Crippen LogP contribution in [0.4, 0.5) is 5.69 Å². The van der Waals surface area contributed by atoms with E-state index >= 15 is 0 Å². The van der Waals surface area contributed by atoms with E-state index in [1.54, 1.807) is 19.9 Å². The van der Waals surface area contributed by atoms with Crippen LogP contribution in [0.15, 0.2) is 47.4 Å². The zero-order valence-corrected chi connectivity index (χ0v) is 17.7. The second kappa shape index (κ2) is 9.71. The van der Waals surface area contributed by atoms with Crippen molar-refractivity contribution < 1.29 is 17.9 Å². The molecule has 2 rings (SSSR count). The molecule has 28 heavy (non-hydrogen) atoms. The van der Waals surface area contributed by atoms with E-state index in [0.29, 0.717) is 37.4 Å². The number of carbonyl (C=O) groups excluding carboxylic acids is 1. The van der Waals surface area contributed by atoms with Gasteiger partial charge in [0.25, 0.3) is 0 Å². The average molecular weight is 405 g/mol. The molecule has 0 aromatic heterocycles. The number of amides is 1. The molecule has 0 aliphatic carbocycles. The van der Waals surface area contributed by atoms with Gasteiger partial charge in [-0.15, -0.1) is 0 Å². The second-order valence-electron chi connectivity index (χ2n) is 6.49. The lowest BCUT2D eigenvalue weighted by atomic mass is 10.1. The van der Waals surface area contributed by atoms with Crippen molar-refractivity contribution in [2.45, 2.75) is 38.5 Å². The molecule has 1 N–H and O–H groups in total. The summed E-state index contributed by atoms with van der Waals surface area (Å²) in [5.74, 6) is 0.221. The summed E-state index contributed by atoms with van der Waals surface area (Å²) < 4.78 is 32.1. The number of rotatable bonds is 9. The van der Waals surface area contributed by atoms with Gasteiger partial charge in [0.15, 0.2) is 0 Å². The lowest BCUT2D eigenvalue weighted by molar-refractivity contribution is -0.116. The molecule has 6 nitrogen and oxygen atoms in total. The number of ether oxygens (including phenoxy) is 1. The van der Waals surface area contributed by atoms with Gasteiger partial charge in [0.05, 0.1) is 17.7 Å². The first-order valence-electron chi connectivity index (χ1n) is 9.35. The third kappa shape index (κ3) is 5.33. The van der Waals surface area contributed by atoms with Crippen LogP contribution in [-0.4, -0.2) is 38.8 Å². The molecule has 0 atom stereocenters. The molecule has 2 aromatic carbocycles. The minimum Gasteiger partial charge on any atom is -0.495 e. The van der Waals surface area contributed by atoms with Gasteiger partial charge in [-0.25, -0.2) is 8.42 Å². The van der Waals surface area contributed by atoms with E-state index in [0.717, 1.165) is 5.56 Å². The van der Waals surface area contributed by atoms with Crippen LogP contribution < -0.4 is 10.1 Å². The summed E-state index contributed by atoms with van der Waals surface area (Å²) in [5, 5.41) is 2.78. The zero-order chi connectivity index (χ0) is 20.7. The monoisotopic (exact) mass is 404 g/mol. The maximum atomic E-state index is 12.7. The normalized spacial score (nSPS) is 11.5. The largest absolute Gasteiger partial charge is 0.495 e. The summed E-state index contributed by atoms with van der Waals surface area (Å²) in [5.41, 5.74) is 2.60. The van der Waals surface area contributed by atoms with Crippen LogP contribution in [-0.2, 0) is 21.2 Å². The summed E-state index contributed by atoms with van der Waals surface area (Å²) in [4.78, 5) is 12.5. The molecule has 152 valence electrons. The second-order valence-corrected chi connectivity index (χ2v) is 8.42. The molecule has 0 unspecified atom stereocenters. The highest BCUT2D eigenvalue weighted by atomic mass is 32.2. The molecule has 2 aromatic rings. The molecule has 0 radical (unpaired) electrons. The number of hydrogen-bond donors (Lipinski definition) is 1. The van der Waals surface area contributed by atoms with Crippen LogP contribution in [0.5, 0.6) is 5.75 Å². The SMILES string of the molecule is CCN(CC)S(=O)(=O)c1ccc(OC)c(NC(=O)CCc2ccc(C)cc2)c1. The van der Waals surface area contributed by atoms with Gasteiger partial charge in [-0.05, 0) is 37.1 Å². The first kappa shape index (κ1) is 21.9. The van der Waals surface area contributed by atoms with Crippen molar-refractivity contribution in [1.29, 1.82) is 0 Å². The molecule has 0 bridgehead atoms. The van der Waals surface area contributed by atoms with Crippen LogP contribution in [0.25, 0.3) is 0 Å². The van der Waals surface area contributed by atoms with Gasteiger partial charge in [0, 0.05) is 19.5 Å². The molecule has 0 saturated carbocycles. The maximum Gasteiger partial charge on any atom is 0.243 e. The fourth-order valence-electron chi connectivity index (χ4n) is 2.88. The fourth-order valence-corrected chi connectivity index (χ4v) is 4.37. The van der Waals surface area contributed by atoms with Gasteiger partial charge in [0.2, 0.25) is 15.9 Å². The Morgan fingerprint density at radius 2 is 1.71 bits per heavy atom. The van der Waals surface area contributed by atoms with Gasteiger partial charge >= 0.3 is 0 Å². The van der Waals surface area contributed by atoms with Crippen LogP contribution in [0.1, 0.15) is 31.4 Å². The average Bonchev–Trinajstić information content (AvgIpc) is 2.68. The number of aryl methyl sites for hydroxylation is 2. The van der Waals surface area contributed by atoms with Crippen molar-refractivity contribution in [1.82, 2.24) is 4.31 Å². The lowest BCUT2D eigenvalue weighted by Crippen LogP contribution is -2.30. The van der Waals surface area contributed by atoms with E-state index in [1.807, 2.05) is 31.2 Å². The molecule has 0 heterocycles. The van der Waals surface area contributed by atoms with Crippen LogP contribution in [0.2, 0.25) is 0 Å². The van der Waals surface area contributed by atoms with Gasteiger partial charge in [-0.3, -0.25) is 4.79 Å². The zero-order valence-electron chi connectivity index (χ0n) is 16.9. The van der Waals surface area contributed by atoms with Crippen molar-refractivity contribution in [3.63, 3.8) is 0 Å². The molecule has 0 fully saturated rings. The summed E-state index contributed by atoms with van der Waals surface area (Å²) >= 11 is 0. The number of nitrogens with zero attached hydrogens (tertiary/aromatic N) is 1. The molecule has 0 spiro atoms. The summed E-state index contributed by atoms with van der Waals surface area (Å²) in [6.45, 7) is 6.35. The molecule has 0 saturated heterocycles. The van der Waals surface area contributed by atoms with Crippen molar-refractivity contribution in [3.8, 4) is 5.75 Å². The Morgan fingerprint density at radius 3 is 2.29 bits per heavy atom. The molecule has 0 aliphatic heterocycles. The molecular formula is C21H28N2O4S. The highest BCUT2D eigenvalue weighted by molar-refractivity contribution is 7.89. The van der Waals surface area contributed by atoms with E-state index < -0.39 is 10.0 Å². The number of benzene rings is 2. The van der Waals surface area contributed by atoms with Crippen LogP contribution in [0, 0.1) is 6.92 Å². The van der Waals surface area contributed by atoms with Crippen molar-refractivity contribution >= 4 is 21.6 Å². The Kier molecular flexibility index (Phi) is 7.60. The summed E-state index contributed by atoms with van der Waals surface area (Å²) in [6.07, 6.45) is 0.894. The number of sulfonamides is 1. The van der Waals surface area contributed by atoms with E-state index in [-0.39, 0.29) is 10.8 Å². The van der Waals surface area contributed by atoms with E-state index in [1.165, 1.54) is 29.1 Å². The maximum absolute atomic E-state index is 12.7. The summed E-state index contributed by atoms with van der Waals surface area (Å²) in [7, 11) is -2.14. The number of methoxy groups -OCH3 is 1. The number of carbonyl (C=O) groups is 1. The fraction of sp³-hybridized carbons (Fsp3) is 0.381. The molecular weight excluding hydrogens is 376 g/mol. The highest BCUT2D eigenvalue weighted by Gasteiger charge is 2.23. The Labute approximate surface area is 167 Å². The van der Waals surface area contributed by atoms with E-state index in [2.05, 4.69) is 5.32 Å². The standard InChI is InChI=1S/C21H28N2O4S/c1-5-23(6-2)28(25,26)18-12-13-20(27-4)19(15-18)22-21(24)14-11-17-9-7-16(3)8-10-17/h7-10,12-13,15H,5-6,11,14H2,1-4H3,(H,22,24). The summed E-state index contributed by atoms with van der Waals surface area (Å²) in [6, 6.07) is 12.5. The van der Waals surface area contributed by atoms with E-state index in [4.69, 9.17) is 4.74 Å². The quantitative estimate of drug-likeness (QED) is 0.693. The highest BCUT2D eigenvalue weighted by Crippen LogP contribution is 2.29. The third-order valence-electron chi connectivity index (χ3n) is 4.55. The Morgan fingerprint density at radius 1 is 1.07 bits per heavy atom. The number of hydrogen-bond acceptors (Lipinski definition) is 4. The number of anilines is 1. The first-order chi connectivity index (χ1) is 13.3. The minimum absolute atomic E-state index is 0.130. The predicted octanol–water partition coefficient (Wildman–Crippen LogP) is 3.61. The van der Waals surface area contributed by atoms with Crippen molar-refractivity contribution in [3.05, 3.63) is 53.6 Å². The lowest BCUT2D eigenvalue weighted by Gasteiger charge is -2.19. The van der Waals surface area contributed by atoms with Crippen LogP contribution >= 0.6 is 0 Å². The Bertz CT molecular complexity index is 905. The smallest absolute Gasteiger partial charge is 0.243 e. The van der Waals surface area contributed by atoms with Gasteiger partial charge in [-0.1, -0.05) is 43.7 Å². The molecule has 7 heteroatoms. The minimum atomic E-state index is -3.62. The van der Waals surface area contributed by atoms with Gasteiger partial charge in [0.1, 0.15) is 5.75 Å². The van der Waals surface area contributed by atoms with E-state index in [9.17, 15) is 13.2 Å². The molecule has 0 aliphatic rings. The Balaban J connectivity index is 2.17. The van der Waals surface area contributed by atoms with Gasteiger partial charge in [-0.2, -0.15) is 4.31 Å². The molecule has 1 amide bonds. The predicted molar refractivity (Wildman–Crippen MR) is 111 cm³/mol.